The fraction of sp³-hybridized carbons (Fsp3) is 0.292. The highest BCUT2D eigenvalue weighted by Crippen LogP contribution is 2.53. The van der Waals surface area contributed by atoms with Gasteiger partial charge in [-0.1, -0.05) is 12.1 Å². The lowest BCUT2D eigenvalue weighted by atomic mass is 9.91. The van der Waals surface area contributed by atoms with Gasteiger partial charge in [-0.05, 0) is 61.3 Å². The number of halogens is 1. The first-order chi connectivity index (χ1) is 13.1. The maximum Gasteiger partial charge on any atom is 0.216 e. The van der Waals surface area contributed by atoms with Crippen molar-refractivity contribution in [3.8, 4) is 11.3 Å². The largest absolute Gasteiger partial charge is 0.455 e. The number of aryl methyl sites for hydroxylation is 2. The normalized spacial score (nSPS) is 20.7. The summed E-state index contributed by atoms with van der Waals surface area (Å²) in [4.78, 5) is 0. The number of aromatic nitrogens is 1. The van der Waals surface area contributed by atoms with Gasteiger partial charge >= 0.3 is 0 Å². The number of rotatable bonds is 1. The first-order valence-corrected chi connectivity index (χ1v) is 9.75. The first kappa shape index (κ1) is 15.4. The van der Waals surface area contributed by atoms with E-state index in [0.717, 1.165) is 27.8 Å². The number of furan rings is 1. The summed E-state index contributed by atoms with van der Waals surface area (Å²) in [7, 11) is 2.13. The summed E-state index contributed by atoms with van der Waals surface area (Å²) in [5, 5.41) is 2.02. The molecule has 4 aromatic rings. The zero-order valence-corrected chi connectivity index (χ0v) is 15.6. The minimum Gasteiger partial charge on any atom is -0.455 e. The monoisotopic (exact) mass is 358 g/mol. The number of hydrogen-bond acceptors (Lipinski definition) is 1. The van der Waals surface area contributed by atoms with Gasteiger partial charge in [-0.2, -0.15) is 0 Å². The minimum absolute atomic E-state index is 0.265. The van der Waals surface area contributed by atoms with Gasteiger partial charge in [0.25, 0.3) is 0 Å². The van der Waals surface area contributed by atoms with Crippen LogP contribution in [0.25, 0.3) is 33.2 Å². The Morgan fingerprint density at radius 2 is 1.78 bits per heavy atom. The number of benzene rings is 2. The molecule has 2 bridgehead atoms. The lowest BCUT2D eigenvalue weighted by Gasteiger charge is -2.15. The molecule has 2 nitrogen and oxygen atoms in total. The lowest BCUT2D eigenvalue weighted by Crippen LogP contribution is -2.32. The SMILES string of the molecule is Cc1ccc2c(oc3cc(F)ccc32)c1-c1cc2c(c[n+]1C)C1CCC2C1. The Balaban J connectivity index is 1.67. The first-order valence-electron chi connectivity index (χ1n) is 9.75. The van der Waals surface area contributed by atoms with Crippen LogP contribution >= 0.6 is 0 Å². The summed E-state index contributed by atoms with van der Waals surface area (Å²) >= 11 is 0. The van der Waals surface area contributed by atoms with Gasteiger partial charge in [0.15, 0.2) is 6.20 Å². The van der Waals surface area contributed by atoms with Crippen molar-refractivity contribution in [3.63, 3.8) is 0 Å². The van der Waals surface area contributed by atoms with E-state index in [1.165, 1.54) is 53.8 Å². The maximum absolute atomic E-state index is 13.7. The molecule has 0 spiro atoms. The van der Waals surface area contributed by atoms with Crippen molar-refractivity contribution in [1.29, 1.82) is 0 Å². The van der Waals surface area contributed by atoms with Crippen molar-refractivity contribution >= 4 is 21.9 Å². The topological polar surface area (TPSA) is 17.0 Å². The number of fused-ring (bicyclic) bond motifs is 8. The highest BCUT2D eigenvalue weighted by Gasteiger charge is 2.39. The summed E-state index contributed by atoms with van der Waals surface area (Å²) in [6, 6.07) is 11.4. The third-order valence-corrected chi connectivity index (χ3v) is 6.72. The van der Waals surface area contributed by atoms with Gasteiger partial charge in [0.2, 0.25) is 5.69 Å². The molecule has 0 saturated heterocycles. The van der Waals surface area contributed by atoms with Crippen LogP contribution in [0.2, 0.25) is 0 Å². The predicted molar refractivity (Wildman–Crippen MR) is 104 cm³/mol. The average molecular weight is 358 g/mol. The standard InChI is InChI=1S/C24H21FNO/c1-13-3-7-18-17-8-6-16(25)10-22(17)27-24(18)23(13)21-11-19-14-4-5-15(9-14)20(19)12-26(21)2/h3,6-8,10-12,14-15H,4-5,9H2,1-2H3/q+1. The quantitative estimate of drug-likeness (QED) is 0.388. The maximum atomic E-state index is 13.7. The molecule has 0 radical (unpaired) electrons. The summed E-state index contributed by atoms with van der Waals surface area (Å²) in [5.74, 6) is 1.20. The molecule has 2 aliphatic carbocycles. The molecule has 2 aromatic heterocycles. The van der Waals surface area contributed by atoms with Crippen LogP contribution in [0.5, 0.6) is 0 Å². The van der Waals surface area contributed by atoms with E-state index in [1.807, 2.05) is 6.07 Å². The summed E-state index contributed by atoms with van der Waals surface area (Å²) in [6.45, 7) is 2.13. The summed E-state index contributed by atoms with van der Waals surface area (Å²) in [5.41, 5.74) is 8.02. The molecule has 0 N–H and O–H groups in total. The van der Waals surface area contributed by atoms with Crippen LogP contribution in [-0.4, -0.2) is 0 Å². The van der Waals surface area contributed by atoms with Crippen LogP contribution < -0.4 is 4.57 Å². The Labute approximate surface area is 157 Å². The second-order valence-corrected chi connectivity index (χ2v) is 8.26. The van der Waals surface area contributed by atoms with Crippen LogP contribution in [0.3, 0.4) is 0 Å². The second-order valence-electron chi connectivity index (χ2n) is 8.26. The van der Waals surface area contributed by atoms with E-state index < -0.39 is 0 Å². The lowest BCUT2D eigenvalue weighted by molar-refractivity contribution is -0.660. The van der Waals surface area contributed by atoms with Crippen molar-refractivity contribution in [1.82, 2.24) is 0 Å². The molecule has 3 heteroatoms. The number of hydrogen-bond donors (Lipinski definition) is 0. The van der Waals surface area contributed by atoms with Crippen LogP contribution in [0.4, 0.5) is 4.39 Å². The Bertz CT molecular complexity index is 1250. The van der Waals surface area contributed by atoms with Crippen LogP contribution in [0.15, 0.2) is 47.0 Å². The molecule has 1 fully saturated rings. The molecule has 134 valence electrons. The second kappa shape index (κ2) is 5.19. The predicted octanol–water partition coefficient (Wildman–Crippen LogP) is 5.89. The molecular formula is C24H21FNO+. The molecule has 0 amide bonds. The van der Waals surface area contributed by atoms with E-state index >= 15 is 0 Å². The minimum atomic E-state index is -0.265. The molecule has 2 atom stereocenters. The fourth-order valence-electron chi connectivity index (χ4n) is 5.41. The summed E-state index contributed by atoms with van der Waals surface area (Å²) < 4.78 is 22.1. The third-order valence-electron chi connectivity index (χ3n) is 6.72. The Morgan fingerprint density at radius 3 is 2.63 bits per heavy atom. The van der Waals surface area contributed by atoms with E-state index in [-0.39, 0.29) is 5.82 Å². The summed E-state index contributed by atoms with van der Waals surface area (Å²) in [6.07, 6.45) is 6.29. The van der Waals surface area contributed by atoms with Gasteiger partial charge in [0.1, 0.15) is 24.0 Å². The van der Waals surface area contributed by atoms with E-state index in [9.17, 15) is 4.39 Å². The van der Waals surface area contributed by atoms with Gasteiger partial charge in [-0.15, -0.1) is 0 Å². The van der Waals surface area contributed by atoms with E-state index in [0.29, 0.717) is 11.5 Å². The van der Waals surface area contributed by atoms with Crippen molar-refractivity contribution in [3.05, 3.63) is 65.1 Å². The number of pyridine rings is 1. The van der Waals surface area contributed by atoms with Gasteiger partial charge in [0.05, 0.1) is 5.56 Å². The van der Waals surface area contributed by atoms with Gasteiger partial charge in [-0.3, -0.25) is 0 Å². The Kier molecular flexibility index (Phi) is 2.96. The molecule has 2 aliphatic rings. The zero-order chi connectivity index (χ0) is 18.3. The molecule has 2 heterocycles. The third kappa shape index (κ3) is 2.03. The van der Waals surface area contributed by atoms with E-state index in [2.05, 4.69) is 42.9 Å². The van der Waals surface area contributed by atoms with Gasteiger partial charge in [-0.25, -0.2) is 8.96 Å². The Morgan fingerprint density at radius 1 is 1.00 bits per heavy atom. The molecule has 27 heavy (non-hydrogen) atoms. The molecule has 6 rings (SSSR count). The van der Waals surface area contributed by atoms with Crippen molar-refractivity contribution in [2.45, 2.75) is 38.0 Å². The zero-order valence-electron chi connectivity index (χ0n) is 15.6. The molecule has 0 aliphatic heterocycles. The highest BCUT2D eigenvalue weighted by molar-refractivity contribution is 6.09. The van der Waals surface area contributed by atoms with E-state index in [4.69, 9.17) is 4.42 Å². The number of nitrogens with zero attached hydrogens (tertiary/aromatic N) is 1. The fourth-order valence-corrected chi connectivity index (χ4v) is 5.41. The van der Waals surface area contributed by atoms with Gasteiger partial charge in [0, 0.05) is 28.5 Å². The van der Waals surface area contributed by atoms with Crippen LogP contribution in [0, 0.1) is 12.7 Å². The molecular weight excluding hydrogens is 337 g/mol. The Hall–Kier alpha value is -2.68. The van der Waals surface area contributed by atoms with Crippen LogP contribution in [0.1, 0.15) is 47.8 Å². The van der Waals surface area contributed by atoms with Crippen molar-refractivity contribution in [2.24, 2.45) is 7.05 Å². The van der Waals surface area contributed by atoms with Gasteiger partial charge < -0.3 is 4.42 Å². The smallest absolute Gasteiger partial charge is 0.216 e. The molecule has 2 aromatic carbocycles. The highest BCUT2D eigenvalue weighted by atomic mass is 19.1. The average Bonchev–Trinajstić information content (AvgIpc) is 3.33. The van der Waals surface area contributed by atoms with Crippen molar-refractivity contribution < 1.29 is 13.4 Å². The molecule has 2 unspecified atom stereocenters. The van der Waals surface area contributed by atoms with E-state index in [1.54, 1.807) is 0 Å². The van der Waals surface area contributed by atoms with Crippen molar-refractivity contribution in [2.75, 3.05) is 0 Å². The van der Waals surface area contributed by atoms with Crippen LogP contribution in [-0.2, 0) is 7.05 Å². The molecule has 1 saturated carbocycles.